The summed E-state index contributed by atoms with van der Waals surface area (Å²) in [6.07, 6.45) is 0.413. The number of fused-ring (bicyclic) bond motifs is 1. The van der Waals surface area contributed by atoms with E-state index >= 15 is 0 Å². The van der Waals surface area contributed by atoms with Crippen LogP contribution >= 0.6 is 11.6 Å². The molecular weight excluding hydrogens is 407 g/mol. The number of cyclic esters (lactones) is 1. The number of amides is 1. The third-order valence-electron chi connectivity index (χ3n) is 5.12. The summed E-state index contributed by atoms with van der Waals surface area (Å²) in [5, 5.41) is -0.233. The molecule has 28 heavy (non-hydrogen) atoms. The quantitative estimate of drug-likeness (QED) is 0.751. The molecule has 0 N–H and O–H groups in total. The third kappa shape index (κ3) is 3.25. The Kier molecular flexibility index (Phi) is 5.03. The van der Waals surface area contributed by atoms with Gasteiger partial charge in [-0.2, -0.15) is 4.31 Å². The van der Waals surface area contributed by atoms with Gasteiger partial charge >= 0.3 is 6.09 Å². The first kappa shape index (κ1) is 19.2. The lowest BCUT2D eigenvalue weighted by molar-refractivity contribution is 0.136. The normalized spacial score (nSPS) is 18.6. The van der Waals surface area contributed by atoms with Gasteiger partial charge < -0.3 is 4.74 Å². The van der Waals surface area contributed by atoms with Gasteiger partial charge in [0.2, 0.25) is 10.0 Å². The molecule has 0 aliphatic carbocycles. The minimum Gasteiger partial charge on any atom is -0.444 e. The maximum atomic E-state index is 14.2. The van der Waals surface area contributed by atoms with Gasteiger partial charge in [-0.25, -0.2) is 17.6 Å². The summed E-state index contributed by atoms with van der Waals surface area (Å²) in [6, 6.07) is 11.2. The van der Waals surface area contributed by atoms with Crippen LogP contribution in [-0.4, -0.2) is 37.9 Å². The number of carbonyl (C=O) groups excluding carboxylic acids is 1. The lowest BCUT2D eigenvalue weighted by Gasteiger charge is -2.39. The molecule has 2 aliphatic rings. The van der Waals surface area contributed by atoms with E-state index in [9.17, 15) is 17.6 Å². The maximum absolute atomic E-state index is 14.2. The van der Waals surface area contributed by atoms with Gasteiger partial charge in [0.05, 0.1) is 10.7 Å². The first-order chi connectivity index (χ1) is 13.4. The van der Waals surface area contributed by atoms with E-state index in [4.69, 9.17) is 16.3 Å². The number of nitrogens with zero attached hydrogens (tertiary/aromatic N) is 2. The number of carbonyl (C=O) groups is 1. The van der Waals surface area contributed by atoms with Crippen molar-refractivity contribution in [3.63, 3.8) is 0 Å². The number of hydrogen-bond acceptors (Lipinski definition) is 4. The van der Waals surface area contributed by atoms with Crippen LogP contribution in [0.3, 0.4) is 0 Å². The van der Waals surface area contributed by atoms with E-state index < -0.39 is 26.8 Å². The first-order valence-electron chi connectivity index (χ1n) is 8.87. The Morgan fingerprint density at radius 2 is 1.79 bits per heavy atom. The molecule has 0 spiro atoms. The topological polar surface area (TPSA) is 66.9 Å². The van der Waals surface area contributed by atoms with Gasteiger partial charge in [0, 0.05) is 24.7 Å². The fourth-order valence-corrected chi connectivity index (χ4v) is 5.47. The number of piperidine rings is 1. The maximum Gasteiger partial charge on any atom is 0.414 e. The second kappa shape index (κ2) is 7.35. The molecule has 9 heteroatoms. The van der Waals surface area contributed by atoms with E-state index in [0.29, 0.717) is 12.8 Å². The molecule has 2 aromatic rings. The van der Waals surface area contributed by atoms with Crippen LogP contribution in [0.15, 0.2) is 47.4 Å². The van der Waals surface area contributed by atoms with Gasteiger partial charge in [-0.3, -0.25) is 4.90 Å². The summed E-state index contributed by atoms with van der Waals surface area (Å²) in [5.41, 5.74) is 1.71. The van der Waals surface area contributed by atoms with Crippen LogP contribution in [0, 0.1) is 5.82 Å². The molecule has 6 nitrogen and oxygen atoms in total. The highest BCUT2D eigenvalue weighted by Gasteiger charge is 2.37. The fraction of sp³-hybridized carbons (Fsp3) is 0.316. The van der Waals surface area contributed by atoms with Gasteiger partial charge in [-0.15, -0.1) is 0 Å². The largest absolute Gasteiger partial charge is 0.444 e. The predicted octanol–water partition coefficient (Wildman–Crippen LogP) is 3.79. The number of rotatable bonds is 3. The Morgan fingerprint density at radius 1 is 1.07 bits per heavy atom. The van der Waals surface area contributed by atoms with Crippen molar-refractivity contribution in [3.05, 3.63) is 58.9 Å². The Hall–Kier alpha value is -2.16. The Balaban J connectivity index is 1.54. The smallest absolute Gasteiger partial charge is 0.414 e. The molecule has 2 heterocycles. The molecule has 0 radical (unpaired) electrons. The predicted molar refractivity (Wildman–Crippen MR) is 102 cm³/mol. The van der Waals surface area contributed by atoms with Crippen molar-refractivity contribution in [2.45, 2.75) is 30.4 Å². The van der Waals surface area contributed by atoms with E-state index in [1.54, 1.807) is 4.90 Å². The molecule has 0 aromatic heterocycles. The molecule has 2 aromatic carbocycles. The van der Waals surface area contributed by atoms with Crippen LogP contribution in [0.25, 0.3) is 0 Å². The van der Waals surface area contributed by atoms with Crippen LogP contribution in [-0.2, 0) is 21.4 Å². The standard InChI is InChI=1S/C19H18ClFN2O4S/c20-15-5-3-7-17(18(15)21)28(25,26)22-10-8-14(9-11-22)23-16-6-2-1-4-13(16)12-27-19(23)24/h1-7,14H,8-12H2. The van der Waals surface area contributed by atoms with Crippen LogP contribution in [0.2, 0.25) is 5.02 Å². The minimum atomic E-state index is -4.00. The summed E-state index contributed by atoms with van der Waals surface area (Å²) in [4.78, 5) is 13.5. The molecule has 1 amide bonds. The molecule has 0 unspecified atom stereocenters. The number of anilines is 1. The molecule has 1 fully saturated rings. The van der Waals surface area contributed by atoms with Crippen molar-refractivity contribution in [2.24, 2.45) is 0 Å². The molecule has 4 rings (SSSR count). The van der Waals surface area contributed by atoms with E-state index in [0.717, 1.165) is 11.3 Å². The van der Waals surface area contributed by atoms with Crippen molar-refractivity contribution in [2.75, 3.05) is 18.0 Å². The van der Waals surface area contributed by atoms with Crippen molar-refractivity contribution in [1.82, 2.24) is 4.31 Å². The molecule has 148 valence electrons. The average molecular weight is 425 g/mol. The zero-order valence-electron chi connectivity index (χ0n) is 14.8. The first-order valence-corrected chi connectivity index (χ1v) is 10.7. The third-order valence-corrected chi connectivity index (χ3v) is 7.33. The Morgan fingerprint density at radius 3 is 2.54 bits per heavy atom. The lowest BCUT2D eigenvalue weighted by atomic mass is 10.0. The monoisotopic (exact) mass is 424 g/mol. The highest BCUT2D eigenvalue weighted by Crippen LogP contribution is 2.33. The number of para-hydroxylation sites is 1. The summed E-state index contributed by atoms with van der Waals surface area (Å²) in [5.74, 6) is -0.945. The second-order valence-electron chi connectivity index (χ2n) is 6.74. The zero-order chi connectivity index (χ0) is 19.9. The molecular formula is C19H18ClFN2O4S. The summed E-state index contributed by atoms with van der Waals surface area (Å²) < 4.78 is 46.4. The van der Waals surface area contributed by atoms with E-state index in [2.05, 4.69) is 0 Å². The molecule has 0 saturated carbocycles. The Labute approximate surface area is 167 Å². The average Bonchev–Trinajstić information content (AvgIpc) is 2.70. The van der Waals surface area contributed by atoms with E-state index in [1.165, 1.54) is 22.5 Å². The molecule has 0 atom stereocenters. The van der Waals surface area contributed by atoms with Crippen LogP contribution in [0.1, 0.15) is 18.4 Å². The number of halogens is 2. The van der Waals surface area contributed by atoms with E-state index in [1.807, 2.05) is 24.3 Å². The van der Waals surface area contributed by atoms with Crippen LogP contribution in [0.5, 0.6) is 0 Å². The van der Waals surface area contributed by atoms with E-state index in [-0.39, 0.29) is 30.8 Å². The van der Waals surface area contributed by atoms with Crippen LogP contribution < -0.4 is 4.90 Å². The van der Waals surface area contributed by atoms with Crippen LogP contribution in [0.4, 0.5) is 14.9 Å². The number of hydrogen-bond donors (Lipinski definition) is 0. The SMILES string of the molecule is O=C1OCc2ccccc2N1C1CCN(S(=O)(=O)c2cccc(Cl)c2F)CC1. The van der Waals surface area contributed by atoms with Crippen molar-refractivity contribution >= 4 is 33.4 Å². The highest BCUT2D eigenvalue weighted by molar-refractivity contribution is 7.89. The van der Waals surface area contributed by atoms with Gasteiger partial charge in [-0.05, 0) is 31.0 Å². The number of benzene rings is 2. The number of ether oxygens (including phenoxy) is 1. The lowest BCUT2D eigenvalue weighted by Crippen LogP contribution is -2.50. The number of sulfonamides is 1. The molecule has 1 saturated heterocycles. The minimum absolute atomic E-state index is 0.172. The van der Waals surface area contributed by atoms with Crippen molar-refractivity contribution < 1.29 is 22.3 Å². The van der Waals surface area contributed by atoms with Gasteiger partial charge in [0.1, 0.15) is 11.5 Å². The zero-order valence-corrected chi connectivity index (χ0v) is 16.4. The van der Waals surface area contributed by atoms with Gasteiger partial charge in [0.15, 0.2) is 5.82 Å². The second-order valence-corrected chi connectivity index (χ2v) is 9.05. The molecule has 2 aliphatic heterocycles. The van der Waals surface area contributed by atoms with Gasteiger partial charge in [-0.1, -0.05) is 35.9 Å². The summed E-state index contributed by atoms with van der Waals surface area (Å²) >= 11 is 5.73. The van der Waals surface area contributed by atoms with Gasteiger partial charge in [0.25, 0.3) is 0 Å². The fourth-order valence-electron chi connectivity index (χ4n) is 3.68. The summed E-state index contributed by atoms with van der Waals surface area (Å²) in [6.45, 7) is 0.572. The molecule has 0 bridgehead atoms. The van der Waals surface area contributed by atoms with Crippen molar-refractivity contribution in [3.8, 4) is 0 Å². The van der Waals surface area contributed by atoms with Crippen molar-refractivity contribution in [1.29, 1.82) is 0 Å². The highest BCUT2D eigenvalue weighted by atomic mass is 35.5. The Bertz CT molecular complexity index is 1020. The summed E-state index contributed by atoms with van der Waals surface area (Å²) in [7, 11) is -4.00.